The molecule has 144 valence electrons. The van der Waals surface area contributed by atoms with Gasteiger partial charge in [0.25, 0.3) is 5.91 Å². The molecule has 2 unspecified atom stereocenters. The standard InChI is InChI=1S/C21H27N3O2S/c1-24-12-4-5-17(20(24)15-6-8-18(26-2)9-7-15)14-23-21(25)16-10-11-22-19(13-16)27-3/h6-11,13,17,20H,4-5,12,14H2,1-3H3,(H,23,25). The van der Waals surface area contributed by atoms with E-state index in [-0.39, 0.29) is 5.91 Å². The second-order valence-electron chi connectivity index (χ2n) is 6.90. The Balaban J connectivity index is 1.70. The first kappa shape index (κ1) is 19.7. The molecule has 0 bridgehead atoms. The van der Waals surface area contributed by atoms with Gasteiger partial charge in [0.15, 0.2) is 0 Å². The summed E-state index contributed by atoms with van der Waals surface area (Å²) in [5.74, 6) is 1.21. The van der Waals surface area contributed by atoms with Gasteiger partial charge in [-0.05, 0) is 68.4 Å². The molecule has 0 spiro atoms. The van der Waals surface area contributed by atoms with Gasteiger partial charge in [-0.2, -0.15) is 0 Å². The lowest BCUT2D eigenvalue weighted by Crippen LogP contribution is -2.41. The number of ether oxygens (including phenoxy) is 1. The Bertz CT molecular complexity index is 766. The molecule has 1 aliphatic rings. The van der Waals surface area contributed by atoms with Crippen LogP contribution >= 0.6 is 11.8 Å². The first-order chi connectivity index (χ1) is 13.1. The highest BCUT2D eigenvalue weighted by Gasteiger charge is 2.30. The van der Waals surface area contributed by atoms with E-state index in [9.17, 15) is 4.79 Å². The molecular weight excluding hydrogens is 358 g/mol. The SMILES string of the molecule is COc1ccc(C2C(CNC(=O)c3ccnc(SC)c3)CCCN2C)cc1. The van der Waals surface area contributed by atoms with Crippen LogP contribution in [0.25, 0.3) is 0 Å². The van der Waals surface area contributed by atoms with Crippen molar-refractivity contribution in [3.8, 4) is 5.75 Å². The molecule has 3 rings (SSSR count). The number of hydrogen-bond acceptors (Lipinski definition) is 5. The highest BCUT2D eigenvalue weighted by molar-refractivity contribution is 7.98. The van der Waals surface area contributed by atoms with Crippen LogP contribution in [-0.4, -0.2) is 49.3 Å². The van der Waals surface area contributed by atoms with Crippen LogP contribution in [0.1, 0.15) is 34.8 Å². The number of benzene rings is 1. The summed E-state index contributed by atoms with van der Waals surface area (Å²) in [7, 11) is 3.85. The lowest BCUT2D eigenvalue weighted by molar-refractivity contribution is 0.0891. The number of nitrogens with zero attached hydrogens (tertiary/aromatic N) is 2. The second kappa shape index (κ2) is 9.24. The van der Waals surface area contributed by atoms with E-state index >= 15 is 0 Å². The molecule has 1 aliphatic heterocycles. The highest BCUT2D eigenvalue weighted by Crippen LogP contribution is 2.35. The molecule has 1 fully saturated rings. The van der Waals surface area contributed by atoms with Gasteiger partial charge in [0.1, 0.15) is 5.75 Å². The third-order valence-corrected chi connectivity index (χ3v) is 5.84. The van der Waals surface area contributed by atoms with Crippen LogP contribution in [0.2, 0.25) is 0 Å². The molecule has 2 atom stereocenters. The number of hydrogen-bond donors (Lipinski definition) is 1. The van der Waals surface area contributed by atoms with Crippen molar-refractivity contribution in [3.05, 3.63) is 53.7 Å². The number of rotatable bonds is 6. The number of amides is 1. The van der Waals surface area contributed by atoms with Gasteiger partial charge in [0, 0.05) is 24.3 Å². The minimum atomic E-state index is -0.0330. The van der Waals surface area contributed by atoms with Crippen molar-refractivity contribution < 1.29 is 9.53 Å². The van der Waals surface area contributed by atoms with Gasteiger partial charge in [-0.25, -0.2) is 4.98 Å². The maximum Gasteiger partial charge on any atom is 0.251 e. The van der Waals surface area contributed by atoms with Crippen LogP contribution in [0.3, 0.4) is 0 Å². The first-order valence-electron chi connectivity index (χ1n) is 9.25. The van der Waals surface area contributed by atoms with Gasteiger partial charge in [-0.15, -0.1) is 11.8 Å². The number of likely N-dealkylation sites (tertiary alicyclic amines) is 1. The fraction of sp³-hybridized carbons (Fsp3) is 0.429. The van der Waals surface area contributed by atoms with Crippen molar-refractivity contribution >= 4 is 17.7 Å². The van der Waals surface area contributed by atoms with Gasteiger partial charge < -0.3 is 10.1 Å². The second-order valence-corrected chi connectivity index (χ2v) is 7.72. The molecule has 6 heteroatoms. The molecule has 2 heterocycles. The van der Waals surface area contributed by atoms with Crippen molar-refractivity contribution in [1.29, 1.82) is 0 Å². The summed E-state index contributed by atoms with van der Waals surface area (Å²) in [6, 6.07) is 12.2. The normalized spacial score (nSPS) is 20.3. The summed E-state index contributed by atoms with van der Waals surface area (Å²) in [5.41, 5.74) is 1.94. The van der Waals surface area contributed by atoms with E-state index in [2.05, 4.69) is 34.4 Å². The largest absolute Gasteiger partial charge is 0.497 e. The summed E-state index contributed by atoms with van der Waals surface area (Å²) in [5, 5.41) is 3.99. The van der Waals surface area contributed by atoms with E-state index in [0.717, 1.165) is 30.2 Å². The quantitative estimate of drug-likeness (QED) is 0.770. The van der Waals surface area contributed by atoms with Gasteiger partial charge in [-0.3, -0.25) is 9.69 Å². The van der Waals surface area contributed by atoms with Crippen LogP contribution in [0, 0.1) is 5.92 Å². The molecule has 5 nitrogen and oxygen atoms in total. The zero-order chi connectivity index (χ0) is 19.2. The Morgan fingerprint density at radius 2 is 2.11 bits per heavy atom. The number of carbonyl (C=O) groups is 1. The molecule has 0 radical (unpaired) electrons. The third-order valence-electron chi connectivity index (χ3n) is 5.20. The first-order valence-corrected chi connectivity index (χ1v) is 10.5. The molecule has 27 heavy (non-hydrogen) atoms. The van der Waals surface area contributed by atoms with Gasteiger partial charge in [0.05, 0.1) is 12.1 Å². The minimum absolute atomic E-state index is 0.0330. The van der Waals surface area contributed by atoms with Crippen LogP contribution in [0.4, 0.5) is 0 Å². The van der Waals surface area contributed by atoms with Gasteiger partial charge >= 0.3 is 0 Å². The summed E-state index contributed by atoms with van der Waals surface area (Å²) in [6.07, 6.45) is 5.90. The molecule has 0 aliphatic carbocycles. The monoisotopic (exact) mass is 385 g/mol. The summed E-state index contributed by atoms with van der Waals surface area (Å²) < 4.78 is 5.28. The predicted octanol–water partition coefficient (Wildman–Crippen LogP) is 3.63. The van der Waals surface area contributed by atoms with E-state index in [1.807, 2.05) is 24.5 Å². The number of thioether (sulfide) groups is 1. The van der Waals surface area contributed by atoms with Crippen molar-refractivity contribution in [2.24, 2.45) is 5.92 Å². The molecule has 1 amide bonds. The van der Waals surface area contributed by atoms with Crippen LogP contribution in [0.5, 0.6) is 5.75 Å². The average Bonchev–Trinajstić information content (AvgIpc) is 2.72. The molecule has 1 saturated heterocycles. The fourth-order valence-electron chi connectivity index (χ4n) is 3.79. The average molecular weight is 386 g/mol. The van der Waals surface area contributed by atoms with E-state index in [0.29, 0.717) is 24.1 Å². The maximum absolute atomic E-state index is 12.6. The van der Waals surface area contributed by atoms with Crippen molar-refractivity contribution in [3.63, 3.8) is 0 Å². The zero-order valence-corrected chi connectivity index (χ0v) is 17.0. The number of piperidine rings is 1. The van der Waals surface area contributed by atoms with Gasteiger partial charge in [0.2, 0.25) is 0 Å². The van der Waals surface area contributed by atoms with Crippen molar-refractivity contribution in [2.45, 2.75) is 23.9 Å². The van der Waals surface area contributed by atoms with Crippen LogP contribution in [-0.2, 0) is 0 Å². The maximum atomic E-state index is 12.6. The lowest BCUT2D eigenvalue weighted by Gasteiger charge is -2.39. The Hall–Kier alpha value is -2.05. The zero-order valence-electron chi connectivity index (χ0n) is 16.1. The highest BCUT2D eigenvalue weighted by atomic mass is 32.2. The van der Waals surface area contributed by atoms with E-state index < -0.39 is 0 Å². The lowest BCUT2D eigenvalue weighted by atomic mass is 9.85. The summed E-state index contributed by atoms with van der Waals surface area (Å²) >= 11 is 1.54. The van der Waals surface area contributed by atoms with E-state index in [1.54, 1.807) is 19.4 Å². The Labute approximate surface area is 165 Å². The smallest absolute Gasteiger partial charge is 0.251 e. The van der Waals surface area contributed by atoms with Gasteiger partial charge in [-0.1, -0.05) is 12.1 Å². The molecule has 1 aromatic carbocycles. The van der Waals surface area contributed by atoms with Crippen molar-refractivity contribution in [2.75, 3.05) is 33.5 Å². The number of aromatic nitrogens is 1. The Kier molecular flexibility index (Phi) is 6.74. The minimum Gasteiger partial charge on any atom is -0.497 e. The number of pyridine rings is 1. The molecule has 0 saturated carbocycles. The van der Waals surface area contributed by atoms with Crippen LogP contribution < -0.4 is 10.1 Å². The molecule has 1 N–H and O–H groups in total. The molecule has 2 aromatic rings. The fourth-order valence-corrected chi connectivity index (χ4v) is 4.20. The number of methoxy groups -OCH3 is 1. The molecular formula is C21H27N3O2S. The van der Waals surface area contributed by atoms with Crippen molar-refractivity contribution in [1.82, 2.24) is 15.2 Å². The topological polar surface area (TPSA) is 54.5 Å². The molecule has 1 aromatic heterocycles. The number of carbonyl (C=O) groups excluding carboxylic acids is 1. The Morgan fingerprint density at radius 1 is 1.33 bits per heavy atom. The van der Waals surface area contributed by atoms with E-state index in [4.69, 9.17) is 4.74 Å². The predicted molar refractivity (Wildman–Crippen MR) is 109 cm³/mol. The Morgan fingerprint density at radius 3 is 2.81 bits per heavy atom. The number of nitrogens with one attached hydrogen (secondary N) is 1. The van der Waals surface area contributed by atoms with Crippen LogP contribution in [0.15, 0.2) is 47.6 Å². The summed E-state index contributed by atoms with van der Waals surface area (Å²) in [6.45, 7) is 1.74. The third kappa shape index (κ3) is 4.82. The summed E-state index contributed by atoms with van der Waals surface area (Å²) in [4.78, 5) is 19.2. The van der Waals surface area contributed by atoms with E-state index in [1.165, 1.54) is 17.3 Å².